The molecule has 3 heteroatoms. The third-order valence-electron chi connectivity index (χ3n) is 1.98. The number of hydrogen-bond donors (Lipinski definition) is 1. The van der Waals surface area contributed by atoms with Crippen molar-refractivity contribution in [3.8, 4) is 5.75 Å². The summed E-state index contributed by atoms with van der Waals surface area (Å²) in [4.78, 5) is 4.24. The zero-order valence-corrected chi connectivity index (χ0v) is 8.16. The number of methoxy groups -OCH3 is 1. The van der Waals surface area contributed by atoms with E-state index in [-0.39, 0.29) is 0 Å². The van der Waals surface area contributed by atoms with Crippen LogP contribution >= 0.6 is 0 Å². The first-order valence-electron chi connectivity index (χ1n) is 4.45. The molecule has 0 aliphatic rings. The van der Waals surface area contributed by atoms with Gasteiger partial charge in [0, 0.05) is 18.0 Å². The Labute approximate surface area is 78.9 Å². The molecule has 1 rings (SSSR count). The Morgan fingerprint density at radius 3 is 3.00 bits per heavy atom. The molecule has 72 valence electrons. The summed E-state index contributed by atoms with van der Waals surface area (Å²) in [5.74, 6) is 1.33. The van der Waals surface area contributed by atoms with Gasteiger partial charge in [0.05, 0.1) is 7.11 Å². The van der Waals surface area contributed by atoms with E-state index in [1.165, 1.54) is 0 Å². The first kappa shape index (κ1) is 9.99. The van der Waals surface area contributed by atoms with Crippen molar-refractivity contribution < 1.29 is 4.74 Å². The van der Waals surface area contributed by atoms with Crippen LogP contribution in [0.25, 0.3) is 0 Å². The lowest BCUT2D eigenvalue weighted by molar-refractivity contribution is 0.413. The van der Waals surface area contributed by atoms with E-state index >= 15 is 0 Å². The van der Waals surface area contributed by atoms with Gasteiger partial charge in [0.15, 0.2) is 0 Å². The fourth-order valence-corrected chi connectivity index (χ4v) is 1.14. The number of aromatic nitrogens is 1. The minimum Gasteiger partial charge on any atom is -0.497 e. The molecule has 0 radical (unpaired) electrons. The van der Waals surface area contributed by atoms with Gasteiger partial charge in [-0.3, -0.25) is 4.98 Å². The minimum atomic E-state index is 0.472. The van der Waals surface area contributed by atoms with E-state index in [1.54, 1.807) is 13.3 Å². The van der Waals surface area contributed by atoms with Crippen molar-refractivity contribution in [2.45, 2.75) is 13.3 Å². The highest BCUT2D eigenvalue weighted by Crippen LogP contribution is 2.12. The Balaban J connectivity index is 2.66. The van der Waals surface area contributed by atoms with Gasteiger partial charge in [0.2, 0.25) is 0 Å². The van der Waals surface area contributed by atoms with E-state index in [2.05, 4.69) is 11.9 Å². The molecule has 0 fully saturated rings. The second-order valence-electron chi connectivity index (χ2n) is 3.23. The summed E-state index contributed by atoms with van der Waals surface area (Å²) < 4.78 is 5.10. The maximum Gasteiger partial charge on any atom is 0.122 e. The Morgan fingerprint density at radius 2 is 2.38 bits per heavy atom. The molecule has 2 N–H and O–H groups in total. The molecule has 13 heavy (non-hydrogen) atoms. The van der Waals surface area contributed by atoms with E-state index < -0.39 is 0 Å². The van der Waals surface area contributed by atoms with Crippen molar-refractivity contribution in [2.24, 2.45) is 11.7 Å². The van der Waals surface area contributed by atoms with Crippen molar-refractivity contribution in [1.82, 2.24) is 4.98 Å². The predicted octanol–water partition coefficient (Wildman–Crippen LogP) is 1.23. The van der Waals surface area contributed by atoms with Crippen molar-refractivity contribution in [3.63, 3.8) is 0 Å². The third kappa shape index (κ3) is 3.03. The van der Waals surface area contributed by atoms with E-state index in [1.807, 2.05) is 12.1 Å². The Hall–Kier alpha value is -1.09. The topological polar surface area (TPSA) is 48.1 Å². The highest BCUT2D eigenvalue weighted by Gasteiger charge is 2.03. The molecule has 0 spiro atoms. The largest absolute Gasteiger partial charge is 0.497 e. The van der Waals surface area contributed by atoms with Crippen LogP contribution in [-0.4, -0.2) is 18.6 Å². The van der Waals surface area contributed by atoms with Crippen molar-refractivity contribution in [1.29, 1.82) is 0 Å². The molecule has 0 saturated heterocycles. The predicted molar refractivity (Wildman–Crippen MR) is 52.7 cm³/mol. The minimum absolute atomic E-state index is 0.472. The van der Waals surface area contributed by atoms with Crippen LogP contribution in [0.4, 0.5) is 0 Å². The van der Waals surface area contributed by atoms with E-state index in [0.717, 1.165) is 17.9 Å². The molecule has 0 aliphatic carbocycles. The van der Waals surface area contributed by atoms with Gasteiger partial charge in [-0.15, -0.1) is 0 Å². The van der Waals surface area contributed by atoms with Crippen molar-refractivity contribution in [3.05, 3.63) is 24.0 Å². The number of rotatable bonds is 4. The number of nitrogens with two attached hydrogens (primary N) is 1. The van der Waals surface area contributed by atoms with Gasteiger partial charge >= 0.3 is 0 Å². The zero-order chi connectivity index (χ0) is 9.68. The summed E-state index contributed by atoms with van der Waals surface area (Å²) in [7, 11) is 1.66. The van der Waals surface area contributed by atoms with Gasteiger partial charge in [0.25, 0.3) is 0 Å². The fourth-order valence-electron chi connectivity index (χ4n) is 1.14. The van der Waals surface area contributed by atoms with E-state index in [4.69, 9.17) is 10.5 Å². The number of ether oxygens (including phenoxy) is 1. The van der Waals surface area contributed by atoms with Crippen molar-refractivity contribution in [2.75, 3.05) is 13.7 Å². The van der Waals surface area contributed by atoms with Crippen LogP contribution in [0.1, 0.15) is 12.6 Å². The molecule has 0 aromatic carbocycles. The average Bonchev–Trinajstić information content (AvgIpc) is 2.18. The van der Waals surface area contributed by atoms with Crippen LogP contribution in [-0.2, 0) is 6.42 Å². The van der Waals surface area contributed by atoms with E-state index in [9.17, 15) is 0 Å². The van der Waals surface area contributed by atoms with Gasteiger partial charge in [-0.25, -0.2) is 0 Å². The lowest BCUT2D eigenvalue weighted by Gasteiger charge is -2.08. The van der Waals surface area contributed by atoms with Gasteiger partial charge in [-0.2, -0.15) is 0 Å². The molecule has 0 bridgehead atoms. The first-order valence-corrected chi connectivity index (χ1v) is 4.45. The Morgan fingerprint density at radius 1 is 1.62 bits per heavy atom. The van der Waals surface area contributed by atoms with Crippen LogP contribution < -0.4 is 10.5 Å². The molecule has 0 amide bonds. The summed E-state index contributed by atoms with van der Waals surface area (Å²) in [5.41, 5.74) is 6.57. The summed E-state index contributed by atoms with van der Waals surface area (Å²) in [6.07, 6.45) is 2.67. The smallest absolute Gasteiger partial charge is 0.122 e. The van der Waals surface area contributed by atoms with Crippen molar-refractivity contribution >= 4 is 0 Å². The third-order valence-corrected chi connectivity index (χ3v) is 1.98. The Kier molecular flexibility index (Phi) is 3.71. The number of nitrogens with zero attached hydrogens (tertiary/aromatic N) is 1. The molecule has 1 aromatic rings. The first-order chi connectivity index (χ1) is 6.26. The maximum absolute atomic E-state index is 5.53. The lowest BCUT2D eigenvalue weighted by Crippen LogP contribution is -2.13. The van der Waals surface area contributed by atoms with Gasteiger partial charge in [0.1, 0.15) is 5.75 Å². The summed E-state index contributed by atoms with van der Waals surface area (Å²) in [5, 5.41) is 0. The molecule has 1 heterocycles. The van der Waals surface area contributed by atoms with Crippen LogP contribution in [0, 0.1) is 5.92 Å². The van der Waals surface area contributed by atoms with Crippen LogP contribution in [0.2, 0.25) is 0 Å². The molecule has 0 saturated carbocycles. The van der Waals surface area contributed by atoms with Crippen LogP contribution in [0.5, 0.6) is 5.75 Å². The molecule has 3 nitrogen and oxygen atoms in total. The van der Waals surface area contributed by atoms with E-state index in [0.29, 0.717) is 12.5 Å². The Bertz CT molecular complexity index is 263. The van der Waals surface area contributed by atoms with Gasteiger partial charge in [-0.05, 0) is 24.9 Å². The van der Waals surface area contributed by atoms with Crippen LogP contribution in [0.3, 0.4) is 0 Å². The summed E-state index contributed by atoms with van der Waals surface area (Å²) >= 11 is 0. The highest BCUT2D eigenvalue weighted by atomic mass is 16.5. The average molecular weight is 180 g/mol. The fraction of sp³-hybridized carbons (Fsp3) is 0.500. The van der Waals surface area contributed by atoms with Gasteiger partial charge < -0.3 is 10.5 Å². The normalized spacial score (nSPS) is 12.5. The molecule has 0 aliphatic heterocycles. The molecular formula is C10H16N2O. The maximum atomic E-state index is 5.53. The molecule has 1 aromatic heterocycles. The second kappa shape index (κ2) is 4.82. The molecular weight excluding hydrogens is 164 g/mol. The number of pyridine rings is 1. The second-order valence-corrected chi connectivity index (χ2v) is 3.23. The summed E-state index contributed by atoms with van der Waals surface area (Å²) in [6, 6.07) is 3.79. The molecule has 1 atom stereocenters. The zero-order valence-electron chi connectivity index (χ0n) is 8.16. The number of hydrogen-bond acceptors (Lipinski definition) is 3. The lowest BCUT2D eigenvalue weighted by atomic mass is 10.1. The quantitative estimate of drug-likeness (QED) is 0.758. The highest BCUT2D eigenvalue weighted by molar-refractivity contribution is 5.22. The molecule has 1 unspecified atom stereocenters. The monoisotopic (exact) mass is 180 g/mol. The van der Waals surface area contributed by atoms with Crippen LogP contribution in [0.15, 0.2) is 18.3 Å². The standard InChI is InChI=1S/C10H16N2O/c1-8(7-11)5-9-6-10(13-2)3-4-12-9/h3-4,6,8H,5,7,11H2,1-2H3. The van der Waals surface area contributed by atoms with Gasteiger partial charge in [-0.1, -0.05) is 6.92 Å². The summed E-state index contributed by atoms with van der Waals surface area (Å²) in [6.45, 7) is 2.81. The SMILES string of the molecule is COc1ccnc(CC(C)CN)c1.